The average Bonchev–Trinajstić information content (AvgIpc) is 3.06. The molecule has 1 fully saturated rings. The highest BCUT2D eigenvalue weighted by atomic mass is 32.2. The molecule has 0 spiro atoms. The fraction of sp³-hybridized carbons (Fsp3) is 0.412. The maximum Gasteiger partial charge on any atom is 0.343 e. The molecule has 1 aliphatic heterocycles. The highest BCUT2D eigenvalue weighted by Crippen LogP contribution is 2.34. The monoisotopic (exact) mass is 395 g/mol. The van der Waals surface area contributed by atoms with E-state index in [-0.39, 0.29) is 28.8 Å². The van der Waals surface area contributed by atoms with E-state index in [0.717, 1.165) is 0 Å². The lowest BCUT2D eigenvalue weighted by Crippen LogP contribution is -2.37. The number of carbonyl (C=O) groups is 1. The molecule has 0 atom stereocenters. The van der Waals surface area contributed by atoms with Crippen LogP contribution in [0.15, 0.2) is 28.8 Å². The van der Waals surface area contributed by atoms with Crippen molar-refractivity contribution in [3.8, 4) is 17.1 Å². The van der Waals surface area contributed by atoms with Crippen LogP contribution in [0.5, 0.6) is 5.75 Å². The highest BCUT2D eigenvalue weighted by molar-refractivity contribution is 7.89. The second-order valence-electron chi connectivity index (χ2n) is 6.50. The fourth-order valence-electron chi connectivity index (χ4n) is 3.27. The first-order chi connectivity index (χ1) is 12.8. The number of primary sulfonamides is 1. The van der Waals surface area contributed by atoms with E-state index in [0.29, 0.717) is 37.2 Å². The number of aromatic carboxylic acids is 1. The third-order valence-corrected chi connectivity index (χ3v) is 5.56. The Morgan fingerprint density at radius 3 is 2.48 bits per heavy atom. The zero-order valence-electron chi connectivity index (χ0n) is 14.8. The Kier molecular flexibility index (Phi) is 5.38. The Morgan fingerprint density at radius 2 is 1.96 bits per heavy atom. The number of methoxy groups -OCH3 is 1. The number of aromatic nitrogens is 1. The molecule has 3 rings (SSSR count). The molecule has 0 saturated carbocycles. The van der Waals surface area contributed by atoms with Crippen LogP contribution in [0.2, 0.25) is 0 Å². The standard InChI is InChI=1S/C17H21N3O6S/c1-25-13-4-2-12(3-5-13)15-14(17(21)22)16(19-26-15)20-8-6-11(7-9-20)10-27(18,23)24/h2-5,11H,6-10H2,1H3,(H,21,22)(H2,18,23,24). The molecule has 0 bridgehead atoms. The molecule has 0 radical (unpaired) electrons. The Balaban J connectivity index is 1.83. The summed E-state index contributed by atoms with van der Waals surface area (Å²) in [5.41, 5.74) is 0.570. The number of nitrogens with zero attached hydrogens (tertiary/aromatic N) is 2. The summed E-state index contributed by atoms with van der Waals surface area (Å²) < 4.78 is 33.0. The van der Waals surface area contributed by atoms with E-state index in [9.17, 15) is 18.3 Å². The summed E-state index contributed by atoms with van der Waals surface area (Å²) in [5, 5.41) is 18.8. The summed E-state index contributed by atoms with van der Waals surface area (Å²) in [6.45, 7) is 0.962. The van der Waals surface area contributed by atoms with Gasteiger partial charge < -0.3 is 19.3 Å². The van der Waals surface area contributed by atoms with Gasteiger partial charge in [0.1, 0.15) is 5.75 Å². The van der Waals surface area contributed by atoms with Gasteiger partial charge in [-0.2, -0.15) is 0 Å². The third kappa shape index (κ3) is 4.40. The van der Waals surface area contributed by atoms with Crippen molar-refractivity contribution in [1.82, 2.24) is 5.16 Å². The van der Waals surface area contributed by atoms with Gasteiger partial charge in [-0.1, -0.05) is 5.16 Å². The number of nitrogens with two attached hydrogens (primary N) is 1. The molecule has 0 aliphatic carbocycles. The number of carboxylic acids is 1. The number of benzene rings is 1. The second-order valence-corrected chi connectivity index (χ2v) is 8.16. The van der Waals surface area contributed by atoms with Crippen LogP contribution >= 0.6 is 0 Å². The van der Waals surface area contributed by atoms with Crippen molar-refractivity contribution in [2.24, 2.45) is 11.1 Å². The van der Waals surface area contributed by atoms with Gasteiger partial charge in [-0.25, -0.2) is 18.4 Å². The van der Waals surface area contributed by atoms with Crippen molar-refractivity contribution in [1.29, 1.82) is 0 Å². The highest BCUT2D eigenvalue weighted by Gasteiger charge is 2.30. The summed E-state index contributed by atoms with van der Waals surface area (Å²) in [5.74, 6) is -0.176. The predicted molar refractivity (Wildman–Crippen MR) is 98.4 cm³/mol. The minimum Gasteiger partial charge on any atom is -0.497 e. The normalized spacial score (nSPS) is 15.7. The van der Waals surface area contributed by atoms with Gasteiger partial charge in [0.2, 0.25) is 10.0 Å². The van der Waals surface area contributed by atoms with Gasteiger partial charge in [0, 0.05) is 18.7 Å². The second kappa shape index (κ2) is 7.57. The van der Waals surface area contributed by atoms with E-state index in [2.05, 4.69) is 5.16 Å². The lowest BCUT2D eigenvalue weighted by Gasteiger charge is -2.31. The topological polar surface area (TPSA) is 136 Å². The lowest BCUT2D eigenvalue weighted by atomic mass is 9.98. The number of rotatable bonds is 6. The number of hydrogen-bond donors (Lipinski definition) is 2. The first-order valence-electron chi connectivity index (χ1n) is 8.41. The van der Waals surface area contributed by atoms with E-state index < -0.39 is 16.0 Å². The molecule has 1 saturated heterocycles. The fourth-order valence-corrected chi connectivity index (χ4v) is 4.26. The van der Waals surface area contributed by atoms with Crippen molar-refractivity contribution in [3.63, 3.8) is 0 Å². The van der Waals surface area contributed by atoms with Crippen molar-refractivity contribution in [2.45, 2.75) is 12.8 Å². The van der Waals surface area contributed by atoms with Crippen molar-refractivity contribution >= 4 is 21.8 Å². The van der Waals surface area contributed by atoms with Crippen LogP contribution in [0.1, 0.15) is 23.2 Å². The maximum absolute atomic E-state index is 11.8. The largest absolute Gasteiger partial charge is 0.497 e. The Bertz CT molecular complexity index is 915. The Labute approximate surface area is 156 Å². The minimum atomic E-state index is -3.52. The summed E-state index contributed by atoms with van der Waals surface area (Å²) >= 11 is 0. The zero-order valence-corrected chi connectivity index (χ0v) is 15.6. The molecule has 2 aromatic rings. The summed E-state index contributed by atoms with van der Waals surface area (Å²) in [6.07, 6.45) is 1.17. The van der Waals surface area contributed by atoms with Gasteiger partial charge in [0.15, 0.2) is 17.1 Å². The van der Waals surface area contributed by atoms with E-state index >= 15 is 0 Å². The quantitative estimate of drug-likeness (QED) is 0.752. The first kappa shape index (κ1) is 19.2. The molecule has 10 heteroatoms. The van der Waals surface area contributed by atoms with Gasteiger partial charge in [-0.3, -0.25) is 0 Å². The predicted octanol–water partition coefficient (Wildman–Crippen LogP) is 1.55. The molecule has 0 amide bonds. The van der Waals surface area contributed by atoms with Gasteiger partial charge in [-0.05, 0) is 43.0 Å². The van der Waals surface area contributed by atoms with Gasteiger partial charge in [-0.15, -0.1) is 0 Å². The average molecular weight is 395 g/mol. The van der Waals surface area contributed by atoms with Crippen LogP contribution in [-0.4, -0.2) is 50.6 Å². The molecule has 146 valence electrons. The van der Waals surface area contributed by atoms with Crippen LogP contribution in [0.25, 0.3) is 11.3 Å². The van der Waals surface area contributed by atoms with Gasteiger partial charge >= 0.3 is 5.97 Å². The number of sulfonamides is 1. The molecule has 27 heavy (non-hydrogen) atoms. The maximum atomic E-state index is 11.8. The van der Waals surface area contributed by atoms with Crippen molar-refractivity contribution < 1.29 is 27.6 Å². The number of piperidine rings is 1. The summed E-state index contributed by atoms with van der Waals surface area (Å²) in [4.78, 5) is 13.7. The molecular formula is C17H21N3O6S. The minimum absolute atomic E-state index is 0.00920. The van der Waals surface area contributed by atoms with E-state index in [1.54, 1.807) is 36.3 Å². The van der Waals surface area contributed by atoms with Gasteiger partial charge in [0.25, 0.3) is 0 Å². The molecule has 1 aromatic heterocycles. The first-order valence-corrected chi connectivity index (χ1v) is 10.1. The van der Waals surface area contributed by atoms with Crippen LogP contribution in [0, 0.1) is 5.92 Å². The number of ether oxygens (including phenoxy) is 1. The summed E-state index contributed by atoms with van der Waals surface area (Å²) in [7, 11) is -1.98. The molecule has 1 aliphatic rings. The third-order valence-electron chi connectivity index (χ3n) is 4.62. The van der Waals surface area contributed by atoms with Crippen LogP contribution in [0.4, 0.5) is 5.82 Å². The van der Waals surface area contributed by atoms with E-state index in [4.69, 9.17) is 14.4 Å². The number of hydrogen-bond acceptors (Lipinski definition) is 7. The van der Waals surface area contributed by atoms with E-state index in [1.165, 1.54) is 0 Å². The molecule has 0 unspecified atom stereocenters. The molecular weight excluding hydrogens is 374 g/mol. The van der Waals surface area contributed by atoms with Crippen LogP contribution in [0.3, 0.4) is 0 Å². The molecule has 3 N–H and O–H groups in total. The van der Waals surface area contributed by atoms with Crippen molar-refractivity contribution in [2.75, 3.05) is 30.9 Å². The summed E-state index contributed by atoms with van der Waals surface area (Å²) in [6, 6.07) is 6.83. The number of carboxylic acid groups (broad SMARTS) is 1. The zero-order chi connectivity index (χ0) is 19.6. The smallest absolute Gasteiger partial charge is 0.343 e. The van der Waals surface area contributed by atoms with Crippen molar-refractivity contribution in [3.05, 3.63) is 29.8 Å². The Hall–Kier alpha value is -2.59. The lowest BCUT2D eigenvalue weighted by molar-refractivity contribution is 0.0697. The molecule has 9 nitrogen and oxygen atoms in total. The Morgan fingerprint density at radius 1 is 1.33 bits per heavy atom. The number of anilines is 1. The van der Waals surface area contributed by atoms with Crippen LogP contribution < -0.4 is 14.8 Å². The van der Waals surface area contributed by atoms with E-state index in [1.807, 2.05) is 0 Å². The van der Waals surface area contributed by atoms with Crippen LogP contribution in [-0.2, 0) is 10.0 Å². The molecule has 1 aromatic carbocycles. The van der Waals surface area contributed by atoms with Gasteiger partial charge in [0.05, 0.1) is 12.9 Å². The molecule has 2 heterocycles. The SMILES string of the molecule is COc1ccc(-c2onc(N3CCC(CS(N)(=O)=O)CC3)c2C(=O)O)cc1.